The van der Waals surface area contributed by atoms with Gasteiger partial charge < -0.3 is 15.9 Å². The lowest BCUT2D eigenvalue weighted by molar-refractivity contribution is -0.140. The van der Waals surface area contributed by atoms with Crippen LogP contribution < -0.4 is 5.73 Å². The lowest BCUT2D eigenvalue weighted by Gasteiger charge is -2.44. The molecule has 1 amide bonds. The van der Waals surface area contributed by atoms with Crippen molar-refractivity contribution < 1.29 is 32.4 Å². The Morgan fingerprint density at radius 1 is 1.05 bits per heavy atom. The molecule has 1 unspecified atom stereocenters. The lowest BCUT2D eigenvalue weighted by atomic mass is 10.0. The highest BCUT2D eigenvalue weighted by atomic mass is 32.2. The van der Waals surface area contributed by atoms with Gasteiger partial charge in [-0.1, -0.05) is 72.3 Å². The van der Waals surface area contributed by atoms with Crippen molar-refractivity contribution in [3.05, 3.63) is 113 Å². The zero-order valence-corrected chi connectivity index (χ0v) is 21.9. The fourth-order valence-electron chi connectivity index (χ4n) is 3.97. The van der Waals surface area contributed by atoms with Gasteiger partial charge >= 0.3 is 5.97 Å². The van der Waals surface area contributed by atoms with E-state index in [1.165, 1.54) is 35.0 Å². The number of nitrogens with zero attached hydrogens (tertiary/aromatic N) is 1. The highest BCUT2D eigenvalue weighted by molar-refractivity contribution is 8.00. The van der Waals surface area contributed by atoms with E-state index in [4.69, 9.17) is 15.0 Å². The number of aryl methyl sites for hydroxylation is 1. The SMILES string of the molecule is Cc1ccc(S(=O)(=O)OC(c2ccccc2)c2ccccc2)c(C(=O)O)c1.NC1C(=O)N2C=C(O)CS[C@@H]12. The number of nitrogens with two attached hydrogens (primary N) is 1. The van der Waals surface area contributed by atoms with Crippen molar-refractivity contribution in [1.29, 1.82) is 0 Å². The number of carboxylic acids is 1. The van der Waals surface area contributed by atoms with Crippen LogP contribution in [0.2, 0.25) is 0 Å². The number of thioether (sulfide) groups is 1. The molecule has 198 valence electrons. The molecule has 2 atom stereocenters. The van der Waals surface area contributed by atoms with Gasteiger partial charge in [0.05, 0.1) is 11.3 Å². The third kappa shape index (κ3) is 5.91. The van der Waals surface area contributed by atoms with Crippen molar-refractivity contribution in [2.75, 3.05) is 5.75 Å². The van der Waals surface area contributed by atoms with Gasteiger partial charge in [-0.15, -0.1) is 11.8 Å². The summed E-state index contributed by atoms with van der Waals surface area (Å²) in [4.78, 5) is 23.6. The number of fused-ring (bicyclic) bond motifs is 1. The standard InChI is InChI=1S/C21H18O5S.C6H8N2O2S/c1-15-12-13-19(18(14-15)21(22)23)27(24,25)26-20(16-8-4-2-5-9-16)17-10-6-3-7-11-17;7-4-5(10)8-1-3(9)2-11-6(4)8/h2-14,20H,1H3,(H,22,23);1,4,6,9H,2,7H2/t;4?,6-/m.0/s1. The number of carboxylic acid groups (broad SMARTS) is 1. The third-order valence-electron chi connectivity index (χ3n) is 5.87. The maximum Gasteiger partial charge on any atom is 0.337 e. The molecule has 0 bridgehead atoms. The van der Waals surface area contributed by atoms with E-state index in [-0.39, 0.29) is 33.5 Å². The zero-order chi connectivity index (χ0) is 27.4. The number of β-lactam (4-membered cyclic amide) rings is 1. The van der Waals surface area contributed by atoms with Crippen LogP contribution in [0.25, 0.3) is 0 Å². The van der Waals surface area contributed by atoms with E-state index < -0.39 is 22.2 Å². The Kier molecular flexibility index (Phi) is 8.22. The first-order valence-electron chi connectivity index (χ1n) is 11.5. The number of rotatable bonds is 6. The van der Waals surface area contributed by atoms with Crippen LogP contribution in [0.15, 0.2) is 95.7 Å². The van der Waals surface area contributed by atoms with Crippen LogP contribution in [0.3, 0.4) is 0 Å². The van der Waals surface area contributed by atoms with Crippen LogP contribution in [0.1, 0.15) is 33.2 Å². The second-order valence-electron chi connectivity index (χ2n) is 8.65. The molecule has 0 aromatic heterocycles. The molecule has 1 fully saturated rings. The van der Waals surface area contributed by atoms with E-state index in [0.29, 0.717) is 22.4 Å². The Hall–Kier alpha value is -3.64. The molecule has 2 heterocycles. The van der Waals surface area contributed by atoms with Gasteiger partial charge in [-0.2, -0.15) is 8.42 Å². The minimum Gasteiger partial charge on any atom is -0.510 e. The van der Waals surface area contributed by atoms with E-state index in [0.717, 1.165) is 0 Å². The van der Waals surface area contributed by atoms with E-state index in [1.807, 2.05) is 12.1 Å². The summed E-state index contributed by atoms with van der Waals surface area (Å²) in [5, 5.41) is 18.5. The summed E-state index contributed by atoms with van der Waals surface area (Å²) in [5.41, 5.74) is 7.13. The number of amides is 1. The molecule has 3 aromatic carbocycles. The quantitative estimate of drug-likeness (QED) is 0.306. The number of carbonyl (C=O) groups is 2. The van der Waals surface area contributed by atoms with Gasteiger partial charge in [-0.05, 0) is 30.2 Å². The predicted octanol–water partition coefficient (Wildman–Crippen LogP) is 3.82. The lowest BCUT2D eigenvalue weighted by Crippen LogP contribution is -2.65. The van der Waals surface area contributed by atoms with Gasteiger partial charge in [-0.25, -0.2) is 4.79 Å². The van der Waals surface area contributed by atoms with Gasteiger partial charge in [0.1, 0.15) is 28.2 Å². The summed E-state index contributed by atoms with van der Waals surface area (Å²) in [6, 6.07) is 21.6. The molecule has 2 aliphatic heterocycles. The van der Waals surface area contributed by atoms with Gasteiger partial charge in [-0.3, -0.25) is 13.9 Å². The summed E-state index contributed by atoms with van der Waals surface area (Å²) < 4.78 is 31.4. The van der Waals surface area contributed by atoms with Gasteiger partial charge in [0.15, 0.2) is 0 Å². The van der Waals surface area contributed by atoms with Crippen LogP contribution in [0, 0.1) is 6.92 Å². The Bertz CT molecular complexity index is 1420. The molecule has 4 N–H and O–H groups in total. The Labute approximate surface area is 224 Å². The molecule has 2 aliphatic rings. The topological polar surface area (TPSA) is 147 Å². The zero-order valence-electron chi connectivity index (χ0n) is 20.3. The van der Waals surface area contributed by atoms with E-state index in [2.05, 4.69) is 0 Å². The van der Waals surface area contributed by atoms with Gasteiger partial charge in [0.25, 0.3) is 10.1 Å². The smallest absolute Gasteiger partial charge is 0.337 e. The van der Waals surface area contributed by atoms with E-state index >= 15 is 0 Å². The molecule has 1 saturated heterocycles. The number of hydrogen-bond donors (Lipinski definition) is 3. The van der Waals surface area contributed by atoms with Crippen molar-refractivity contribution in [3.8, 4) is 0 Å². The first-order chi connectivity index (χ1) is 18.1. The molecule has 0 aliphatic carbocycles. The first-order valence-corrected chi connectivity index (χ1v) is 14.0. The summed E-state index contributed by atoms with van der Waals surface area (Å²) >= 11 is 1.49. The Morgan fingerprint density at radius 2 is 1.63 bits per heavy atom. The van der Waals surface area contributed by atoms with Crippen molar-refractivity contribution in [3.63, 3.8) is 0 Å². The Balaban J connectivity index is 0.000000253. The molecular weight excluding hydrogens is 528 g/mol. The van der Waals surface area contributed by atoms with Crippen molar-refractivity contribution in [2.24, 2.45) is 5.73 Å². The first kappa shape index (κ1) is 27.4. The minimum absolute atomic E-state index is 0.0541. The van der Waals surface area contributed by atoms with Gasteiger partial charge in [0.2, 0.25) is 5.91 Å². The largest absolute Gasteiger partial charge is 0.510 e. The molecule has 0 saturated carbocycles. The average Bonchev–Trinajstić information content (AvgIpc) is 2.92. The highest BCUT2D eigenvalue weighted by Crippen LogP contribution is 2.34. The van der Waals surface area contributed by atoms with Crippen LogP contribution in [-0.2, 0) is 19.1 Å². The monoisotopic (exact) mass is 554 g/mol. The molecule has 3 aromatic rings. The van der Waals surface area contributed by atoms with Crippen LogP contribution in [0.4, 0.5) is 0 Å². The molecule has 5 rings (SSSR count). The second kappa shape index (κ2) is 11.4. The predicted molar refractivity (Wildman–Crippen MR) is 143 cm³/mol. The van der Waals surface area contributed by atoms with Crippen LogP contribution >= 0.6 is 11.8 Å². The Morgan fingerprint density at radius 3 is 2.18 bits per heavy atom. The maximum atomic E-state index is 12.9. The summed E-state index contributed by atoms with van der Waals surface area (Å²) in [6.07, 6.45) is 0.577. The van der Waals surface area contributed by atoms with Crippen LogP contribution in [0.5, 0.6) is 0 Å². The molecule has 38 heavy (non-hydrogen) atoms. The van der Waals surface area contributed by atoms with Crippen molar-refractivity contribution in [1.82, 2.24) is 4.90 Å². The molecule has 0 spiro atoms. The highest BCUT2D eigenvalue weighted by Gasteiger charge is 2.46. The number of aliphatic hydroxyl groups excluding tert-OH is 1. The van der Waals surface area contributed by atoms with Crippen molar-refractivity contribution >= 4 is 33.8 Å². The molecule has 0 radical (unpaired) electrons. The second-order valence-corrected chi connectivity index (χ2v) is 11.3. The molecule has 9 nitrogen and oxygen atoms in total. The summed E-state index contributed by atoms with van der Waals surface area (Å²) in [5.74, 6) is -0.626. The summed E-state index contributed by atoms with van der Waals surface area (Å²) in [6.45, 7) is 1.69. The van der Waals surface area contributed by atoms with Crippen LogP contribution in [-0.4, -0.2) is 52.6 Å². The fourth-order valence-corrected chi connectivity index (χ4v) is 6.26. The number of aromatic carboxylic acids is 1. The normalized spacial score (nSPS) is 18.6. The molecule has 11 heteroatoms. The number of benzene rings is 3. The fraction of sp³-hybridized carbons (Fsp3) is 0.185. The van der Waals surface area contributed by atoms with E-state index in [9.17, 15) is 23.1 Å². The molecular formula is C27H26N2O7S2. The minimum atomic E-state index is -4.33. The maximum absolute atomic E-state index is 12.9. The van der Waals surface area contributed by atoms with Gasteiger partial charge in [0, 0.05) is 6.20 Å². The summed E-state index contributed by atoms with van der Waals surface area (Å²) in [7, 11) is -4.33. The van der Waals surface area contributed by atoms with Crippen molar-refractivity contribution in [2.45, 2.75) is 29.3 Å². The number of aliphatic hydroxyl groups is 1. The number of carbonyl (C=O) groups excluding carboxylic acids is 1. The average molecular weight is 555 g/mol. The third-order valence-corrected chi connectivity index (χ3v) is 8.54. The number of hydrogen-bond acceptors (Lipinski definition) is 8. The van der Waals surface area contributed by atoms with E-state index in [1.54, 1.807) is 61.5 Å².